The van der Waals surface area contributed by atoms with E-state index >= 15 is 0 Å². The zero-order valence-electron chi connectivity index (χ0n) is 12.5. The first-order valence-electron chi connectivity index (χ1n) is 6.86. The van der Waals surface area contributed by atoms with Gasteiger partial charge < -0.3 is 16.0 Å². The summed E-state index contributed by atoms with van der Waals surface area (Å²) >= 11 is 0. The molecule has 0 spiro atoms. The van der Waals surface area contributed by atoms with Crippen LogP contribution in [-0.4, -0.2) is 30.9 Å². The third-order valence-corrected chi connectivity index (χ3v) is 2.77. The lowest BCUT2D eigenvalue weighted by Crippen LogP contribution is -2.32. The lowest BCUT2D eigenvalue weighted by Gasteiger charge is -2.12. The fraction of sp³-hybridized carbons (Fsp3) is 0.467. The molecule has 3 N–H and O–H groups in total. The molecule has 0 aromatic heterocycles. The Labute approximate surface area is 120 Å². The molecule has 5 heteroatoms. The Kier molecular flexibility index (Phi) is 6.18. The van der Waals surface area contributed by atoms with Gasteiger partial charge in [0.2, 0.25) is 5.91 Å². The second-order valence-electron chi connectivity index (χ2n) is 4.97. The summed E-state index contributed by atoms with van der Waals surface area (Å²) < 4.78 is 0. The largest absolute Gasteiger partial charge is 0.352 e. The minimum absolute atomic E-state index is 0.0902. The normalized spacial score (nSPS) is 10.4. The molecule has 0 aliphatic carbocycles. The van der Waals surface area contributed by atoms with Gasteiger partial charge in [-0.1, -0.05) is 13.8 Å². The Morgan fingerprint density at radius 3 is 2.50 bits per heavy atom. The topological polar surface area (TPSA) is 70.2 Å². The molecule has 5 nitrogen and oxygen atoms in total. The Morgan fingerprint density at radius 1 is 1.25 bits per heavy atom. The van der Waals surface area contributed by atoms with E-state index < -0.39 is 0 Å². The average Bonchev–Trinajstić information content (AvgIpc) is 2.39. The Bertz CT molecular complexity index is 484. The number of anilines is 1. The van der Waals surface area contributed by atoms with Gasteiger partial charge in [0, 0.05) is 23.8 Å². The molecule has 0 atom stereocenters. The quantitative estimate of drug-likeness (QED) is 0.741. The van der Waals surface area contributed by atoms with Gasteiger partial charge in [0.15, 0.2) is 0 Å². The number of amides is 2. The molecular weight excluding hydrogens is 254 g/mol. The van der Waals surface area contributed by atoms with Crippen LogP contribution in [0.5, 0.6) is 0 Å². The highest BCUT2D eigenvalue weighted by Gasteiger charge is 2.09. The van der Waals surface area contributed by atoms with E-state index in [1.165, 1.54) is 0 Å². The highest BCUT2D eigenvalue weighted by atomic mass is 16.2. The zero-order chi connectivity index (χ0) is 15.1. The lowest BCUT2D eigenvalue weighted by atomic mass is 10.1. The van der Waals surface area contributed by atoms with Crippen LogP contribution < -0.4 is 16.0 Å². The van der Waals surface area contributed by atoms with Crippen molar-refractivity contribution in [1.82, 2.24) is 10.6 Å². The Balaban J connectivity index is 2.68. The van der Waals surface area contributed by atoms with E-state index in [0.717, 1.165) is 11.3 Å². The molecular formula is C15H23N3O2. The predicted octanol–water partition coefficient (Wildman–Crippen LogP) is 1.68. The Morgan fingerprint density at radius 2 is 1.95 bits per heavy atom. The summed E-state index contributed by atoms with van der Waals surface area (Å²) in [7, 11) is 0. The van der Waals surface area contributed by atoms with E-state index in [2.05, 4.69) is 16.0 Å². The van der Waals surface area contributed by atoms with Crippen LogP contribution in [0.2, 0.25) is 0 Å². The van der Waals surface area contributed by atoms with Crippen molar-refractivity contribution < 1.29 is 9.59 Å². The van der Waals surface area contributed by atoms with Gasteiger partial charge in [-0.15, -0.1) is 0 Å². The van der Waals surface area contributed by atoms with E-state index in [1.807, 2.05) is 27.7 Å². The van der Waals surface area contributed by atoms with Crippen LogP contribution in [0.15, 0.2) is 18.2 Å². The van der Waals surface area contributed by atoms with Crippen LogP contribution in [0, 0.1) is 6.92 Å². The van der Waals surface area contributed by atoms with Crippen LogP contribution in [-0.2, 0) is 4.79 Å². The molecule has 110 valence electrons. The second kappa shape index (κ2) is 7.65. The van der Waals surface area contributed by atoms with E-state index in [-0.39, 0.29) is 24.4 Å². The number of benzene rings is 1. The van der Waals surface area contributed by atoms with Gasteiger partial charge in [-0.2, -0.15) is 0 Å². The molecule has 0 bridgehead atoms. The molecule has 2 amide bonds. The lowest BCUT2D eigenvalue weighted by molar-refractivity contribution is -0.115. The first-order chi connectivity index (χ1) is 9.43. The number of rotatable bonds is 6. The van der Waals surface area contributed by atoms with Gasteiger partial charge in [0.25, 0.3) is 5.91 Å². The molecule has 0 heterocycles. The zero-order valence-corrected chi connectivity index (χ0v) is 12.5. The van der Waals surface area contributed by atoms with Gasteiger partial charge in [0.1, 0.15) is 0 Å². The van der Waals surface area contributed by atoms with E-state index in [1.54, 1.807) is 18.2 Å². The monoisotopic (exact) mass is 277 g/mol. The van der Waals surface area contributed by atoms with Crippen LogP contribution >= 0.6 is 0 Å². The molecule has 1 rings (SSSR count). The van der Waals surface area contributed by atoms with Crippen molar-refractivity contribution in [3.8, 4) is 0 Å². The number of nitrogens with one attached hydrogen (secondary N) is 3. The first-order valence-corrected chi connectivity index (χ1v) is 6.86. The molecule has 0 aliphatic rings. The maximum Gasteiger partial charge on any atom is 0.251 e. The fourth-order valence-corrected chi connectivity index (χ4v) is 1.70. The molecule has 0 saturated carbocycles. The number of hydrogen-bond donors (Lipinski definition) is 3. The van der Waals surface area contributed by atoms with Gasteiger partial charge in [0.05, 0.1) is 6.54 Å². The van der Waals surface area contributed by atoms with Crippen LogP contribution in [0.3, 0.4) is 0 Å². The Hall–Kier alpha value is -1.88. The number of aryl methyl sites for hydroxylation is 1. The van der Waals surface area contributed by atoms with Gasteiger partial charge in [-0.25, -0.2) is 0 Å². The molecule has 0 unspecified atom stereocenters. The van der Waals surface area contributed by atoms with Crippen molar-refractivity contribution in [3.05, 3.63) is 29.3 Å². The maximum absolute atomic E-state index is 11.7. The van der Waals surface area contributed by atoms with Gasteiger partial charge >= 0.3 is 0 Å². The van der Waals surface area contributed by atoms with Crippen LogP contribution in [0.4, 0.5) is 5.69 Å². The minimum atomic E-state index is -0.102. The number of carbonyl (C=O) groups is 2. The summed E-state index contributed by atoms with van der Waals surface area (Å²) in [5, 5.41) is 8.63. The average molecular weight is 277 g/mol. The summed E-state index contributed by atoms with van der Waals surface area (Å²) in [6.07, 6.45) is 0. The van der Waals surface area contributed by atoms with E-state index in [0.29, 0.717) is 12.1 Å². The predicted molar refractivity (Wildman–Crippen MR) is 81.0 cm³/mol. The number of carbonyl (C=O) groups excluding carboxylic acids is 2. The SMILES string of the molecule is CCNC(=O)c1ccc(NC(=O)CNC(C)C)c(C)c1. The molecule has 0 saturated heterocycles. The second-order valence-corrected chi connectivity index (χ2v) is 4.97. The molecule has 0 fully saturated rings. The van der Waals surface area contributed by atoms with Gasteiger partial charge in [-0.3, -0.25) is 9.59 Å². The highest BCUT2D eigenvalue weighted by molar-refractivity contribution is 5.96. The van der Waals surface area contributed by atoms with Gasteiger partial charge in [-0.05, 0) is 37.6 Å². The molecule has 1 aromatic carbocycles. The molecule has 20 heavy (non-hydrogen) atoms. The summed E-state index contributed by atoms with van der Waals surface area (Å²) in [6, 6.07) is 5.51. The fourth-order valence-electron chi connectivity index (χ4n) is 1.70. The first kappa shape index (κ1) is 16.2. The highest BCUT2D eigenvalue weighted by Crippen LogP contribution is 2.16. The van der Waals surface area contributed by atoms with E-state index in [4.69, 9.17) is 0 Å². The molecule has 1 aromatic rings. The van der Waals surface area contributed by atoms with Crippen molar-refractivity contribution >= 4 is 17.5 Å². The maximum atomic E-state index is 11.7. The third-order valence-electron chi connectivity index (χ3n) is 2.77. The minimum Gasteiger partial charge on any atom is -0.352 e. The van der Waals surface area contributed by atoms with Crippen molar-refractivity contribution in [3.63, 3.8) is 0 Å². The van der Waals surface area contributed by atoms with Crippen molar-refractivity contribution in [1.29, 1.82) is 0 Å². The third kappa shape index (κ3) is 5.01. The summed E-state index contributed by atoms with van der Waals surface area (Å²) in [4.78, 5) is 23.4. The molecule has 0 radical (unpaired) electrons. The smallest absolute Gasteiger partial charge is 0.251 e. The summed E-state index contributed by atoms with van der Waals surface area (Å²) in [6.45, 7) is 8.58. The van der Waals surface area contributed by atoms with Crippen molar-refractivity contribution in [2.45, 2.75) is 33.7 Å². The molecule has 0 aliphatic heterocycles. The van der Waals surface area contributed by atoms with E-state index in [9.17, 15) is 9.59 Å². The van der Waals surface area contributed by atoms with Crippen LogP contribution in [0.1, 0.15) is 36.7 Å². The van der Waals surface area contributed by atoms with Crippen molar-refractivity contribution in [2.75, 3.05) is 18.4 Å². The summed E-state index contributed by atoms with van der Waals surface area (Å²) in [5.41, 5.74) is 2.20. The number of hydrogen-bond acceptors (Lipinski definition) is 3. The standard InChI is InChI=1S/C15H23N3O2/c1-5-16-15(20)12-6-7-13(11(4)8-12)18-14(19)9-17-10(2)3/h6-8,10,17H,5,9H2,1-4H3,(H,16,20)(H,18,19). The summed E-state index contributed by atoms with van der Waals surface area (Å²) in [5.74, 6) is -0.192. The van der Waals surface area contributed by atoms with Crippen molar-refractivity contribution in [2.24, 2.45) is 0 Å². The van der Waals surface area contributed by atoms with Crippen LogP contribution in [0.25, 0.3) is 0 Å².